The van der Waals surface area contributed by atoms with Crippen LogP contribution >= 0.6 is 0 Å². The SMILES string of the molecule is Nc1ncnc(N2CCN(C(=O)Nc3ccc(N4CCOCC4)cc3)CC2)c1C=NOCCN1CCOCC1. The highest BCUT2D eigenvalue weighted by Crippen LogP contribution is 2.22. The highest BCUT2D eigenvalue weighted by molar-refractivity contribution is 5.92. The van der Waals surface area contributed by atoms with Crippen molar-refractivity contribution >= 4 is 35.3 Å². The number of morpholine rings is 2. The maximum absolute atomic E-state index is 12.9. The summed E-state index contributed by atoms with van der Waals surface area (Å²) >= 11 is 0. The predicted molar refractivity (Wildman–Crippen MR) is 150 cm³/mol. The minimum absolute atomic E-state index is 0.119. The molecule has 0 radical (unpaired) electrons. The lowest BCUT2D eigenvalue weighted by Crippen LogP contribution is -2.50. The van der Waals surface area contributed by atoms with Crippen molar-refractivity contribution in [2.45, 2.75) is 0 Å². The van der Waals surface area contributed by atoms with E-state index < -0.39 is 0 Å². The van der Waals surface area contributed by atoms with E-state index in [0.29, 0.717) is 50.0 Å². The number of carbonyl (C=O) groups excluding carboxylic acids is 1. The zero-order chi connectivity index (χ0) is 26.9. The van der Waals surface area contributed by atoms with E-state index in [1.807, 2.05) is 24.3 Å². The van der Waals surface area contributed by atoms with Crippen LogP contribution in [0.5, 0.6) is 0 Å². The lowest BCUT2D eigenvalue weighted by Gasteiger charge is -2.36. The summed E-state index contributed by atoms with van der Waals surface area (Å²) in [6, 6.07) is 7.84. The number of nitrogens with one attached hydrogen (secondary N) is 1. The van der Waals surface area contributed by atoms with E-state index in [4.69, 9.17) is 20.0 Å². The van der Waals surface area contributed by atoms with Crippen molar-refractivity contribution in [1.29, 1.82) is 0 Å². The molecule has 210 valence electrons. The number of hydrogen-bond donors (Lipinski definition) is 2. The first kappa shape index (κ1) is 26.9. The van der Waals surface area contributed by atoms with Crippen LogP contribution in [0.15, 0.2) is 35.7 Å². The van der Waals surface area contributed by atoms with Crippen LogP contribution in [0.1, 0.15) is 5.56 Å². The van der Waals surface area contributed by atoms with Crippen molar-refractivity contribution in [2.24, 2.45) is 5.16 Å². The smallest absolute Gasteiger partial charge is 0.321 e. The molecule has 0 unspecified atom stereocenters. The van der Waals surface area contributed by atoms with E-state index in [9.17, 15) is 4.79 Å². The second-order valence-corrected chi connectivity index (χ2v) is 9.57. The Balaban J connectivity index is 1.11. The van der Waals surface area contributed by atoms with Gasteiger partial charge in [0.05, 0.1) is 38.2 Å². The van der Waals surface area contributed by atoms with Crippen LogP contribution in [-0.2, 0) is 14.3 Å². The van der Waals surface area contributed by atoms with Crippen LogP contribution in [0.4, 0.5) is 27.8 Å². The number of hydrogen-bond acceptors (Lipinski definition) is 11. The zero-order valence-corrected chi connectivity index (χ0v) is 22.2. The number of rotatable bonds is 8. The summed E-state index contributed by atoms with van der Waals surface area (Å²) in [6.45, 7) is 10.1. The molecule has 3 N–H and O–H groups in total. The molecule has 3 saturated heterocycles. The van der Waals surface area contributed by atoms with Crippen molar-refractivity contribution in [3.8, 4) is 0 Å². The number of nitrogen functional groups attached to an aromatic ring is 1. The topological polar surface area (TPSA) is 134 Å². The van der Waals surface area contributed by atoms with Crippen molar-refractivity contribution in [3.63, 3.8) is 0 Å². The third-order valence-corrected chi connectivity index (χ3v) is 7.11. The Morgan fingerprint density at radius 2 is 1.64 bits per heavy atom. The van der Waals surface area contributed by atoms with Gasteiger partial charge in [0.2, 0.25) is 0 Å². The monoisotopic (exact) mass is 539 g/mol. The van der Waals surface area contributed by atoms with E-state index in [2.05, 4.69) is 35.1 Å². The molecule has 1 aromatic carbocycles. The number of anilines is 4. The maximum atomic E-state index is 12.9. The minimum atomic E-state index is -0.119. The van der Waals surface area contributed by atoms with Crippen LogP contribution in [0.25, 0.3) is 0 Å². The van der Waals surface area contributed by atoms with Crippen LogP contribution in [0.3, 0.4) is 0 Å². The molecule has 3 aliphatic heterocycles. The van der Waals surface area contributed by atoms with Gasteiger partial charge >= 0.3 is 6.03 Å². The first-order valence-electron chi connectivity index (χ1n) is 13.5. The van der Waals surface area contributed by atoms with E-state index in [1.54, 1.807) is 11.1 Å². The van der Waals surface area contributed by atoms with Crippen LogP contribution in [0.2, 0.25) is 0 Å². The molecule has 0 aliphatic carbocycles. The van der Waals surface area contributed by atoms with Gasteiger partial charge in [-0.15, -0.1) is 0 Å². The number of ether oxygens (including phenoxy) is 2. The van der Waals surface area contributed by atoms with Gasteiger partial charge in [-0.1, -0.05) is 5.16 Å². The van der Waals surface area contributed by atoms with Gasteiger partial charge in [-0.05, 0) is 24.3 Å². The quantitative estimate of drug-likeness (QED) is 0.283. The summed E-state index contributed by atoms with van der Waals surface area (Å²) < 4.78 is 10.8. The molecule has 0 spiro atoms. The van der Waals surface area contributed by atoms with Gasteiger partial charge in [0.15, 0.2) is 0 Å². The number of piperazine rings is 1. The average Bonchev–Trinajstić information content (AvgIpc) is 2.99. The molecule has 0 saturated carbocycles. The third kappa shape index (κ3) is 7.25. The number of carbonyl (C=O) groups is 1. The molecule has 2 amide bonds. The molecule has 39 heavy (non-hydrogen) atoms. The Hall–Kier alpha value is -3.68. The third-order valence-electron chi connectivity index (χ3n) is 7.11. The normalized spacial score (nSPS) is 18.9. The Bertz CT molecular complexity index is 1100. The van der Waals surface area contributed by atoms with Gasteiger partial charge < -0.3 is 40.1 Å². The highest BCUT2D eigenvalue weighted by Gasteiger charge is 2.24. The summed E-state index contributed by atoms with van der Waals surface area (Å²) in [4.78, 5) is 35.4. The lowest BCUT2D eigenvalue weighted by molar-refractivity contribution is 0.0214. The van der Waals surface area contributed by atoms with E-state index >= 15 is 0 Å². The first-order valence-corrected chi connectivity index (χ1v) is 13.5. The van der Waals surface area contributed by atoms with Crippen LogP contribution in [0, 0.1) is 0 Å². The fourth-order valence-corrected chi connectivity index (χ4v) is 4.81. The fraction of sp³-hybridized carbons (Fsp3) is 0.538. The molecule has 1 aromatic heterocycles. The van der Waals surface area contributed by atoms with Crippen LogP contribution < -0.4 is 20.9 Å². The molecule has 13 nitrogen and oxygen atoms in total. The van der Waals surface area contributed by atoms with Gasteiger partial charge in [0.1, 0.15) is 24.6 Å². The number of urea groups is 1. The molecule has 0 atom stereocenters. The number of nitrogens with two attached hydrogens (primary N) is 1. The number of aromatic nitrogens is 2. The van der Waals surface area contributed by atoms with Crippen LogP contribution in [-0.4, -0.2) is 124 Å². The van der Waals surface area contributed by atoms with Crippen molar-refractivity contribution in [2.75, 3.05) is 113 Å². The Morgan fingerprint density at radius 1 is 0.949 bits per heavy atom. The molecule has 3 aliphatic rings. The van der Waals surface area contributed by atoms with Gasteiger partial charge in [-0.3, -0.25) is 4.90 Å². The molecule has 13 heteroatoms. The Morgan fingerprint density at radius 3 is 2.36 bits per heavy atom. The lowest BCUT2D eigenvalue weighted by atomic mass is 10.2. The minimum Gasteiger partial charge on any atom is -0.394 e. The van der Waals surface area contributed by atoms with E-state index in [-0.39, 0.29) is 6.03 Å². The van der Waals surface area contributed by atoms with Crippen molar-refractivity contribution in [1.82, 2.24) is 19.8 Å². The van der Waals surface area contributed by atoms with Gasteiger partial charge in [0, 0.05) is 70.3 Å². The average molecular weight is 540 g/mol. The molecule has 2 aromatic rings. The van der Waals surface area contributed by atoms with Crippen molar-refractivity contribution < 1.29 is 19.1 Å². The summed E-state index contributed by atoms with van der Waals surface area (Å²) in [5.74, 6) is 1.02. The summed E-state index contributed by atoms with van der Waals surface area (Å²) in [5.41, 5.74) is 8.67. The number of oxime groups is 1. The second-order valence-electron chi connectivity index (χ2n) is 9.57. The zero-order valence-electron chi connectivity index (χ0n) is 22.2. The van der Waals surface area contributed by atoms with E-state index in [1.165, 1.54) is 6.33 Å². The number of amides is 2. The van der Waals surface area contributed by atoms with E-state index in [0.717, 1.165) is 70.5 Å². The predicted octanol–water partition coefficient (Wildman–Crippen LogP) is 0.932. The number of nitrogens with zero attached hydrogens (tertiary/aromatic N) is 7. The molecular formula is C26H37N9O4. The summed E-state index contributed by atoms with van der Waals surface area (Å²) in [6.07, 6.45) is 3.02. The largest absolute Gasteiger partial charge is 0.394 e. The number of benzene rings is 1. The summed E-state index contributed by atoms with van der Waals surface area (Å²) in [7, 11) is 0. The summed E-state index contributed by atoms with van der Waals surface area (Å²) in [5, 5.41) is 7.13. The Labute approximate surface area is 228 Å². The standard InChI is InChI=1S/C26H37N9O4/c27-24-23(19-30-39-18-11-32-9-14-37-15-10-32)25(29-20-28-24)34-5-7-35(8-6-34)26(36)31-21-1-3-22(4-2-21)33-12-16-38-17-13-33/h1-4,19-20H,5-18H2,(H,31,36)(H2,27,28,29). The molecule has 0 bridgehead atoms. The first-order chi connectivity index (χ1) is 19.2. The highest BCUT2D eigenvalue weighted by atomic mass is 16.6. The molecule has 4 heterocycles. The maximum Gasteiger partial charge on any atom is 0.321 e. The molecular weight excluding hydrogens is 502 g/mol. The van der Waals surface area contributed by atoms with Gasteiger partial charge in [-0.25, -0.2) is 14.8 Å². The van der Waals surface area contributed by atoms with Crippen molar-refractivity contribution in [3.05, 3.63) is 36.2 Å². The van der Waals surface area contributed by atoms with Gasteiger partial charge in [0.25, 0.3) is 0 Å². The molecule has 5 rings (SSSR count). The second kappa shape index (κ2) is 13.4. The van der Waals surface area contributed by atoms with Gasteiger partial charge in [-0.2, -0.15) is 0 Å². The fourth-order valence-electron chi connectivity index (χ4n) is 4.81. The Kier molecular flexibility index (Phi) is 9.25. The molecule has 3 fully saturated rings.